The minimum Gasteiger partial charge on any atom is -1.00 e. The fourth-order valence-electron chi connectivity index (χ4n) is 0.565. The summed E-state index contributed by atoms with van der Waals surface area (Å²) in [6.07, 6.45) is -0.0706. The van der Waals surface area contributed by atoms with Crippen LogP contribution in [-0.4, -0.2) is 28.8 Å². The van der Waals surface area contributed by atoms with Gasteiger partial charge in [0.15, 0.2) is 0 Å². The van der Waals surface area contributed by atoms with Crippen molar-refractivity contribution in [3.63, 3.8) is 0 Å². The molecular formula is C5H10NNaO4. The number of rotatable bonds is 0. The van der Waals surface area contributed by atoms with Gasteiger partial charge in [-0.15, -0.1) is 0 Å². The molecule has 1 rings (SSSR count). The van der Waals surface area contributed by atoms with E-state index < -0.39 is 6.16 Å². The molecule has 0 bridgehead atoms. The van der Waals surface area contributed by atoms with Crippen LogP contribution in [0.15, 0.2) is 0 Å². The van der Waals surface area contributed by atoms with E-state index in [1.54, 1.807) is 0 Å². The summed E-state index contributed by atoms with van der Waals surface area (Å²) in [7, 11) is 0. The van der Waals surface area contributed by atoms with E-state index in [1.807, 2.05) is 0 Å². The molecule has 0 aromatic heterocycles. The van der Waals surface area contributed by atoms with Crippen molar-refractivity contribution in [1.29, 1.82) is 0 Å². The molecule has 1 saturated heterocycles. The van der Waals surface area contributed by atoms with Crippen LogP contribution in [0.5, 0.6) is 0 Å². The van der Waals surface area contributed by atoms with Crippen molar-refractivity contribution in [2.24, 2.45) is 0 Å². The standard InChI is InChI=1S/C4H7NO.CH2O3.Na.H/c6-4-2-1-3-5-4;2-1(3)4;;/h1-3H2,(H,5,6);(H2,2,3,4);;/q;;+1;-1. The fourth-order valence-corrected chi connectivity index (χ4v) is 0.565. The van der Waals surface area contributed by atoms with Crippen molar-refractivity contribution < 1.29 is 50.8 Å². The van der Waals surface area contributed by atoms with Crippen LogP contribution in [0.4, 0.5) is 4.79 Å². The molecule has 0 aliphatic carbocycles. The Morgan fingerprint density at radius 1 is 1.55 bits per heavy atom. The van der Waals surface area contributed by atoms with Gasteiger partial charge in [0.05, 0.1) is 0 Å². The second-order valence-corrected chi connectivity index (χ2v) is 1.74. The smallest absolute Gasteiger partial charge is 1.00 e. The van der Waals surface area contributed by atoms with Gasteiger partial charge in [-0.05, 0) is 6.42 Å². The Kier molecular flexibility index (Phi) is 9.51. The summed E-state index contributed by atoms with van der Waals surface area (Å²) >= 11 is 0. The largest absolute Gasteiger partial charge is 1.00 e. The molecule has 1 fully saturated rings. The van der Waals surface area contributed by atoms with Crippen molar-refractivity contribution in [2.45, 2.75) is 12.8 Å². The van der Waals surface area contributed by atoms with Gasteiger partial charge < -0.3 is 17.0 Å². The first-order valence-corrected chi connectivity index (χ1v) is 2.81. The zero-order chi connectivity index (χ0) is 7.98. The van der Waals surface area contributed by atoms with E-state index in [2.05, 4.69) is 5.32 Å². The Hall–Kier alpha value is -0.260. The van der Waals surface area contributed by atoms with Crippen LogP contribution in [0.2, 0.25) is 0 Å². The quantitative estimate of drug-likeness (QED) is 0.344. The summed E-state index contributed by atoms with van der Waals surface area (Å²) in [6.45, 7) is 0.888. The van der Waals surface area contributed by atoms with E-state index in [9.17, 15) is 4.79 Å². The third kappa shape index (κ3) is 12.8. The molecule has 60 valence electrons. The van der Waals surface area contributed by atoms with Crippen LogP contribution >= 0.6 is 0 Å². The van der Waals surface area contributed by atoms with Gasteiger partial charge in [0.25, 0.3) is 0 Å². The zero-order valence-corrected chi connectivity index (χ0v) is 8.33. The number of carbonyl (C=O) groups is 2. The van der Waals surface area contributed by atoms with Gasteiger partial charge in [-0.1, -0.05) is 0 Å². The minimum absolute atomic E-state index is 0. The number of carboxylic acid groups (broad SMARTS) is 2. The van der Waals surface area contributed by atoms with Gasteiger partial charge in [-0.25, -0.2) is 4.79 Å². The fraction of sp³-hybridized carbons (Fsp3) is 0.600. The number of carbonyl (C=O) groups excluding carboxylic acids is 1. The van der Waals surface area contributed by atoms with Crippen LogP contribution in [-0.2, 0) is 4.79 Å². The zero-order valence-electron chi connectivity index (χ0n) is 7.33. The third-order valence-electron chi connectivity index (χ3n) is 0.903. The SMILES string of the molecule is O=C(O)O.O=C1CCCN1.[H-].[Na+]. The number of hydrogen-bond acceptors (Lipinski definition) is 2. The molecule has 0 unspecified atom stereocenters. The average molecular weight is 171 g/mol. The Labute approximate surface area is 87.6 Å². The summed E-state index contributed by atoms with van der Waals surface area (Å²) < 4.78 is 0. The van der Waals surface area contributed by atoms with Crippen molar-refractivity contribution in [2.75, 3.05) is 6.54 Å². The van der Waals surface area contributed by atoms with E-state index in [4.69, 9.17) is 15.0 Å². The van der Waals surface area contributed by atoms with Crippen LogP contribution in [0.25, 0.3) is 0 Å². The average Bonchev–Trinajstić information content (AvgIpc) is 2.15. The molecular weight excluding hydrogens is 161 g/mol. The van der Waals surface area contributed by atoms with Crippen LogP contribution < -0.4 is 34.9 Å². The Bertz CT molecular complexity index is 131. The van der Waals surface area contributed by atoms with Crippen LogP contribution in [0, 0.1) is 0 Å². The van der Waals surface area contributed by atoms with Crippen LogP contribution in [0.3, 0.4) is 0 Å². The first-order valence-electron chi connectivity index (χ1n) is 2.81. The third-order valence-corrected chi connectivity index (χ3v) is 0.903. The first kappa shape index (κ1) is 13.3. The van der Waals surface area contributed by atoms with Gasteiger partial charge in [-0.3, -0.25) is 4.79 Å². The summed E-state index contributed by atoms with van der Waals surface area (Å²) in [4.78, 5) is 18.7. The molecule has 5 nitrogen and oxygen atoms in total. The Balaban J connectivity index is -0.000000124. The molecule has 1 amide bonds. The monoisotopic (exact) mass is 171 g/mol. The normalized spacial score (nSPS) is 13.6. The predicted molar refractivity (Wildman–Crippen MR) is 34.0 cm³/mol. The first-order chi connectivity index (χ1) is 4.63. The predicted octanol–water partition coefficient (Wildman–Crippen LogP) is -2.76. The molecule has 1 aliphatic heterocycles. The van der Waals surface area contributed by atoms with E-state index in [-0.39, 0.29) is 36.9 Å². The number of amides is 1. The minimum atomic E-state index is -1.83. The van der Waals surface area contributed by atoms with Crippen molar-refractivity contribution in [1.82, 2.24) is 5.32 Å². The summed E-state index contributed by atoms with van der Waals surface area (Å²) in [6, 6.07) is 0. The second-order valence-electron chi connectivity index (χ2n) is 1.74. The van der Waals surface area contributed by atoms with Gasteiger partial charge in [0.1, 0.15) is 0 Å². The van der Waals surface area contributed by atoms with E-state index >= 15 is 0 Å². The summed E-state index contributed by atoms with van der Waals surface area (Å²) in [5.74, 6) is 0.204. The summed E-state index contributed by atoms with van der Waals surface area (Å²) in [5.41, 5.74) is 0. The summed E-state index contributed by atoms with van der Waals surface area (Å²) in [5, 5.41) is 16.6. The van der Waals surface area contributed by atoms with Gasteiger partial charge in [0.2, 0.25) is 5.91 Å². The maximum Gasteiger partial charge on any atom is 1.00 e. The maximum atomic E-state index is 10.1. The van der Waals surface area contributed by atoms with Crippen molar-refractivity contribution in [3.8, 4) is 0 Å². The molecule has 3 N–H and O–H groups in total. The van der Waals surface area contributed by atoms with E-state index in [0.29, 0.717) is 0 Å². The molecule has 0 radical (unpaired) electrons. The molecule has 1 heterocycles. The van der Waals surface area contributed by atoms with Crippen molar-refractivity contribution in [3.05, 3.63) is 0 Å². The van der Waals surface area contributed by atoms with Gasteiger partial charge in [0, 0.05) is 13.0 Å². The molecule has 11 heavy (non-hydrogen) atoms. The molecule has 0 spiro atoms. The molecule has 0 saturated carbocycles. The van der Waals surface area contributed by atoms with E-state index in [0.717, 1.165) is 19.4 Å². The second kappa shape index (κ2) is 7.84. The number of nitrogens with one attached hydrogen (secondary N) is 1. The molecule has 0 aromatic carbocycles. The van der Waals surface area contributed by atoms with Crippen LogP contribution in [0.1, 0.15) is 14.3 Å². The topological polar surface area (TPSA) is 86.6 Å². The van der Waals surface area contributed by atoms with Gasteiger partial charge >= 0.3 is 35.7 Å². The molecule has 0 atom stereocenters. The van der Waals surface area contributed by atoms with Gasteiger partial charge in [-0.2, -0.15) is 0 Å². The van der Waals surface area contributed by atoms with E-state index in [1.165, 1.54) is 0 Å². The molecule has 0 aromatic rings. The Morgan fingerprint density at radius 3 is 2.09 bits per heavy atom. The Morgan fingerprint density at radius 2 is 2.00 bits per heavy atom. The maximum absolute atomic E-state index is 10.1. The molecule has 6 heteroatoms. The molecule has 1 aliphatic rings. The van der Waals surface area contributed by atoms with Crippen molar-refractivity contribution >= 4 is 12.1 Å². The number of hydrogen-bond donors (Lipinski definition) is 3.